The van der Waals surface area contributed by atoms with E-state index in [2.05, 4.69) is 22.1 Å². The fraction of sp³-hybridized carbons (Fsp3) is 0.318. The molecule has 3 rings (SSSR count). The number of aromatic nitrogens is 3. The van der Waals surface area contributed by atoms with E-state index in [0.717, 1.165) is 16.9 Å². The number of allylic oxidation sites excluding steroid dienone is 1. The summed E-state index contributed by atoms with van der Waals surface area (Å²) in [5.41, 5.74) is 6.73. The van der Waals surface area contributed by atoms with Crippen molar-refractivity contribution in [1.29, 1.82) is 0 Å². The minimum atomic E-state index is -0.685. The Morgan fingerprint density at radius 1 is 1.35 bits per heavy atom. The second kappa shape index (κ2) is 10.7. The van der Waals surface area contributed by atoms with E-state index in [-0.39, 0.29) is 27.3 Å². The molecule has 3 N–H and O–H groups in total. The molecule has 0 saturated carbocycles. The van der Waals surface area contributed by atoms with Gasteiger partial charge in [-0.1, -0.05) is 17.8 Å². The highest BCUT2D eigenvalue weighted by molar-refractivity contribution is 7.99. The van der Waals surface area contributed by atoms with Crippen molar-refractivity contribution in [3.8, 4) is 11.4 Å². The molecular weight excluding hydrogens is 478 g/mol. The van der Waals surface area contributed by atoms with E-state index >= 15 is 0 Å². The molecule has 0 spiro atoms. The van der Waals surface area contributed by atoms with Crippen LogP contribution >= 0.6 is 23.1 Å². The summed E-state index contributed by atoms with van der Waals surface area (Å²) in [5, 5.41) is 11.9. The van der Waals surface area contributed by atoms with Gasteiger partial charge in [0.25, 0.3) is 5.91 Å². The number of ether oxygens (including phenoxy) is 1. The summed E-state index contributed by atoms with van der Waals surface area (Å²) in [5.74, 6) is -0.421. The topological polar surface area (TPSA) is 142 Å². The van der Waals surface area contributed by atoms with E-state index in [1.165, 1.54) is 11.8 Å². The number of amides is 2. The molecule has 0 radical (unpaired) electrons. The summed E-state index contributed by atoms with van der Waals surface area (Å²) in [6.45, 7) is 11.1. The van der Waals surface area contributed by atoms with Gasteiger partial charge in [0.05, 0.1) is 34.1 Å². The number of nitrogens with two attached hydrogens (primary N) is 1. The van der Waals surface area contributed by atoms with Gasteiger partial charge in [0.15, 0.2) is 11.0 Å². The number of primary amides is 1. The van der Waals surface area contributed by atoms with Crippen molar-refractivity contribution in [1.82, 2.24) is 14.8 Å². The molecule has 0 unspecified atom stereocenters. The summed E-state index contributed by atoms with van der Waals surface area (Å²) >= 11 is 2.12. The first kappa shape index (κ1) is 25.2. The van der Waals surface area contributed by atoms with Crippen molar-refractivity contribution >= 4 is 45.9 Å². The van der Waals surface area contributed by atoms with E-state index in [1.807, 2.05) is 11.5 Å². The van der Waals surface area contributed by atoms with Gasteiger partial charge in [-0.05, 0) is 39.3 Å². The van der Waals surface area contributed by atoms with E-state index < -0.39 is 17.8 Å². The largest absolute Gasteiger partial charge is 0.469 e. The average molecular weight is 504 g/mol. The van der Waals surface area contributed by atoms with Gasteiger partial charge in [0.2, 0.25) is 5.91 Å². The van der Waals surface area contributed by atoms with Crippen LogP contribution in [0.4, 0.5) is 5.00 Å². The van der Waals surface area contributed by atoms with E-state index in [1.54, 1.807) is 39.2 Å². The number of esters is 1. The number of nitrogens with zero attached hydrogens (tertiary/aromatic N) is 3. The van der Waals surface area contributed by atoms with Gasteiger partial charge >= 0.3 is 5.97 Å². The van der Waals surface area contributed by atoms with Gasteiger partial charge in [-0.25, -0.2) is 4.79 Å². The maximum Gasteiger partial charge on any atom is 0.341 e. The highest BCUT2D eigenvalue weighted by atomic mass is 32.2. The molecule has 0 atom stereocenters. The number of hydrogen-bond acceptors (Lipinski definition) is 9. The zero-order valence-electron chi connectivity index (χ0n) is 19.2. The van der Waals surface area contributed by atoms with Crippen molar-refractivity contribution in [3.63, 3.8) is 0 Å². The lowest BCUT2D eigenvalue weighted by Gasteiger charge is -2.10. The van der Waals surface area contributed by atoms with Gasteiger partial charge in [-0.2, -0.15) is 0 Å². The number of hydrogen-bond donors (Lipinski definition) is 2. The van der Waals surface area contributed by atoms with Gasteiger partial charge in [0.1, 0.15) is 10.8 Å². The predicted octanol–water partition coefficient (Wildman–Crippen LogP) is 3.80. The Morgan fingerprint density at radius 3 is 2.68 bits per heavy atom. The van der Waals surface area contributed by atoms with Crippen LogP contribution in [-0.2, 0) is 16.1 Å². The van der Waals surface area contributed by atoms with Crippen LogP contribution in [-0.4, -0.2) is 44.4 Å². The molecule has 3 aromatic rings. The van der Waals surface area contributed by atoms with E-state index in [0.29, 0.717) is 28.8 Å². The Kier molecular flexibility index (Phi) is 7.94. The zero-order valence-corrected chi connectivity index (χ0v) is 20.8. The van der Waals surface area contributed by atoms with Crippen LogP contribution in [0.1, 0.15) is 45.2 Å². The Balaban J connectivity index is 1.79. The smallest absolute Gasteiger partial charge is 0.341 e. The summed E-state index contributed by atoms with van der Waals surface area (Å²) in [7, 11) is 0. The van der Waals surface area contributed by atoms with Gasteiger partial charge < -0.3 is 20.2 Å². The van der Waals surface area contributed by atoms with Crippen LogP contribution in [0.2, 0.25) is 0 Å². The maximum atomic E-state index is 12.7. The van der Waals surface area contributed by atoms with E-state index in [9.17, 15) is 14.4 Å². The normalized spacial score (nSPS) is 11.0. The molecule has 0 aromatic carbocycles. The molecule has 0 saturated heterocycles. The van der Waals surface area contributed by atoms with Crippen LogP contribution < -0.4 is 11.1 Å². The first-order valence-electron chi connectivity index (χ1n) is 10.3. The molecule has 3 heterocycles. The first-order chi connectivity index (χ1) is 16.1. The summed E-state index contributed by atoms with van der Waals surface area (Å²) in [6.07, 6.45) is 2.91. The molecule has 0 bridgehead atoms. The Bertz CT molecular complexity index is 1240. The van der Waals surface area contributed by atoms with Crippen molar-refractivity contribution in [3.05, 3.63) is 46.7 Å². The minimum absolute atomic E-state index is 0.0127. The molecule has 0 aliphatic carbocycles. The lowest BCUT2D eigenvalue weighted by molar-refractivity contribution is -0.113. The summed E-state index contributed by atoms with van der Waals surface area (Å²) < 4.78 is 12.5. The Morgan fingerprint density at radius 2 is 2.09 bits per heavy atom. The molecule has 34 heavy (non-hydrogen) atoms. The van der Waals surface area contributed by atoms with Crippen molar-refractivity contribution in [2.45, 2.75) is 45.5 Å². The zero-order chi connectivity index (χ0) is 25.0. The molecular formula is C22H25N5O5S2. The predicted molar refractivity (Wildman–Crippen MR) is 130 cm³/mol. The molecule has 12 heteroatoms. The molecule has 0 aliphatic heterocycles. The molecule has 0 fully saturated rings. The second-order valence-corrected chi connectivity index (χ2v) is 9.47. The number of aryl methyl sites for hydroxylation is 1. The second-order valence-electron chi connectivity index (χ2n) is 7.51. The van der Waals surface area contributed by atoms with Crippen molar-refractivity contribution in [2.24, 2.45) is 5.73 Å². The number of nitrogens with one attached hydrogen (secondary N) is 1. The number of rotatable bonds is 10. The fourth-order valence-electron chi connectivity index (χ4n) is 3.15. The SMILES string of the molecule is C=CCn1c(SCC(=O)Nc2sc(C(N)=O)c(C)c2C(=O)OC(C)C)nnc1-c1ccoc1C. The highest BCUT2D eigenvalue weighted by Gasteiger charge is 2.26. The number of carbonyl (C=O) groups is 3. The van der Waals surface area contributed by atoms with Crippen LogP contribution in [0.25, 0.3) is 11.4 Å². The van der Waals surface area contributed by atoms with E-state index in [4.69, 9.17) is 14.9 Å². The third kappa shape index (κ3) is 5.39. The van der Waals surface area contributed by atoms with Crippen molar-refractivity contribution in [2.75, 3.05) is 11.1 Å². The molecule has 2 amide bonds. The van der Waals surface area contributed by atoms with Crippen LogP contribution in [0, 0.1) is 13.8 Å². The van der Waals surface area contributed by atoms with Gasteiger partial charge in [-0.3, -0.25) is 14.2 Å². The average Bonchev–Trinajstić information content (AvgIpc) is 3.43. The molecule has 10 nitrogen and oxygen atoms in total. The minimum Gasteiger partial charge on any atom is -0.469 e. The number of thioether (sulfide) groups is 1. The number of thiophene rings is 1. The Labute approximate surface area is 204 Å². The molecule has 3 aromatic heterocycles. The molecule has 0 aliphatic rings. The molecule has 180 valence electrons. The van der Waals surface area contributed by atoms with Crippen LogP contribution in [0.15, 0.2) is 34.6 Å². The first-order valence-corrected chi connectivity index (χ1v) is 12.1. The highest BCUT2D eigenvalue weighted by Crippen LogP contribution is 2.34. The third-order valence-electron chi connectivity index (χ3n) is 4.63. The van der Waals surface area contributed by atoms with Crippen molar-refractivity contribution < 1.29 is 23.5 Å². The lowest BCUT2D eigenvalue weighted by Crippen LogP contribution is -2.18. The van der Waals surface area contributed by atoms with Gasteiger partial charge in [-0.15, -0.1) is 28.1 Å². The monoisotopic (exact) mass is 503 g/mol. The number of furan rings is 1. The maximum absolute atomic E-state index is 12.7. The summed E-state index contributed by atoms with van der Waals surface area (Å²) in [4.78, 5) is 37.3. The lowest BCUT2D eigenvalue weighted by atomic mass is 10.1. The third-order valence-corrected chi connectivity index (χ3v) is 6.82. The standard InChI is InChI=1S/C22H25N5O5S2/c1-6-8-27-19(14-7-9-31-13(14)5)25-26-22(27)33-10-15(28)24-20-16(21(30)32-11(2)3)12(4)17(34-20)18(23)29/h6-7,9,11H,1,8,10H2,2-5H3,(H2,23,29)(H,24,28). The van der Waals surface area contributed by atoms with Gasteiger partial charge in [0, 0.05) is 6.54 Å². The number of anilines is 1. The summed E-state index contributed by atoms with van der Waals surface area (Å²) in [6, 6.07) is 1.80. The van der Waals surface area contributed by atoms with Crippen LogP contribution in [0.3, 0.4) is 0 Å². The number of carbonyl (C=O) groups excluding carboxylic acids is 3. The fourth-order valence-corrected chi connectivity index (χ4v) is 4.96. The van der Waals surface area contributed by atoms with Crippen LogP contribution in [0.5, 0.6) is 0 Å². The quantitative estimate of drug-likeness (QED) is 0.242. The Hall–Kier alpha value is -3.38.